The Balaban J connectivity index is 1.87. The van der Waals surface area contributed by atoms with Crippen molar-refractivity contribution in [3.63, 3.8) is 0 Å². The van der Waals surface area contributed by atoms with Gasteiger partial charge in [0.15, 0.2) is 0 Å². The van der Waals surface area contributed by atoms with Crippen molar-refractivity contribution in [1.82, 2.24) is 0 Å². The third-order valence-corrected chi connectivity index (χ3v) is 3.73. The van der Waals surface area contributed by atoms with Crippen LogP contribution in [0.3, 0.4) is 0 Å². The van der Waals surface area contributed by atoms with E-state index in [0.717, 1.165) is 6.54 Å². The van der Waals surface area contributed by atoms with Gasteiger partial charge in [0.1, 0.15) is 0 Å². The zero-order valence-electron chi connectivity index (χ0n) is 12.0. The van der Waals surface area contributed by atoms with Gasteiger partial charge < -0.3 is 5.32 Å². The zero-order valence-corrected chi connectivity index (χ0v) is 12.0. The zero-order chi connectivity index (χ0) is 13.9. The molecule has 20 heavy (non-hydrogen) atoms. The van der Waals surface area contributed by atoms with Gasteiger partial charge in [0.05, 0.1) is 0 Å². The summed E-state index contributed by atoms with van der Waals surface area (Å²) in [5.41, 5.74) is 5.15. The molecule has 0 aliphatic carbocycles. The van der Waals surface area contributed by atoms with Crippen molar-refractivity contribution in [2.45, 2.75) is 20.4 Å². The second kappa shape index (κ2) is 5.38. The maximum Gasteiger partial charge on any atom is 0.0407 e. The van der Waals surface area contributed by atoms with E-state index in [0.29, 0.717) is 0 Å². The van der Waals surface area contributed by atoms with Crippen LogP contribution < -0.4 is 5.32 Å². The number of hydrogen-bond donors (Lipinski definition) is 1. The Morgan fingerprint density at radius 2 is 1.65 bits per heavy atom. The van der Waals surface area contributed by atoms with Gasteiger partial charge in [-0.2, -0.15) is 0 Å². The van der Waals surface area contributed by atoms with Crippen molar-refractivity contribution in [2.24, 2.45) is 0 Å². The number of rotatable bonds is 3. The molecule has 0 heterocycles. The minimum atomic E-state index is 0.852. The lowest BCUT2D eigenvalue weighted by molar-refractivity contribution is 1.15. The topological polar surface area (TPSA) is 12.0 Å². The molecule has 0 spiro atoms. The van der Waals surface area contributed by atoms with E-state index in [1.165, 1.54) is 33.2 Å². The van der Waals surface area contributed by atoms with Crippen LogP contribution in [0.5, 0.6) is 0 Å². The van der Waals surface area contributed by atoms with E-state index in [9.17, 15) is 0 Å². The second-order valence-electron chi connectivity index (χ2n) is 5.31. The predicted molar refractivity (Wildman–Crippen MR) is 87.2 cm³/mol. The fourth-order valence-electron chi connectivity index (χ4n) is 2.65. The van der Waals surface area contributed by atoms with Gasteiger partial charge >= 0.3 is 0 Å². The summed E-state index contributed by atoms with van der Waals surface area (Å²) in [4.78, 5) is 0. The van der Waals surface area contributed by atoms with Crippen LogP contribution in [0, 0.1) is 13.8 Å². The van der Waals surface area contributed by atoms with Crippen molar-refractivity contribution in [2.75, 3.05) is 5.32 Å². The van der Waals surface area contributed by atoms with E-state index in [1.807, 2.05) is 0 Å². The summed E-state index contributed by atoms with van der Waals surface area (Å²) in [5, 5.41) is 6.17. The highest BCUT2D eigenvalue weighted by atomic mass is 14.9. The molecular weight excluding hydrogens is 242 g/mol. The standard InChI is InChI=1S/C19H19N/c1-14-10-11-19(15(2)12-14)20-13-17-8-5-7-16-6-3-4-9-18(16)17/h3-12,20H,13H2,1-2H3. The average molecular weight is 261 g/mol. The van der Waals surface area contributed by atoms with Crippen LogP contribution in [0.2, 0.25) is 0 Å². The molecule has 0 amide bonds. The van der Waals surface area contributed by atoms with Gasteiger partial charge in [0, 0.05) is 12.2 Å². The summed E-state index contributed by atoms with van der Waals surface area (Å²) < 4.78 is 0. The molecule has 0 saturated heterocycles. The molecule has 0 bridgehead atoms. The Kier molecular flexibility index (Phi) is 3.42. The van der Waals surface area contributed by atoms with E-state index in [2.05, 4.69) is 79.8 Å². The number of benzene rings is 3. The fraction of sp³-hybridized carbons (Fsp3) is 0.158. The van der Waals surface area contributed by atoms with E-state index >= 15 is 0 Å². The second-order valence-corrected chi connectivity index (χ2v) is 5.31. The smallest absolute Gasteiger partial charge is 0.0407 e. The van der Waals surface area contributed by atoms with Crippen molar-refractivity contribution in [3.05, 3.63) is 77.4 Å². The van der Waals surface area contributed by atoms with E-state index in [-0.39, 0.29) is 0 Å². The highest BCUT2D eigenvalue weighted by Crippen LogP contribution is 2.21. The molecule has 0 fully saturated rings. The molecule has 1 N–H and O–H groups in total. The van der Waals surface area contributed by atoms with Crippen LogP contribution >= 0.6 is 0 Å². The van der Waals surface area contributed by atoms with Crippen molar-refractivity contribution in [1.29, 1.82) is 0 Å². The molecule has 1 heteroatoms. The van der Waals surface area contributed by atoms with Crippen molar-refractivity contribution in [3.8, 4) is 0 Å². The first kappa shape index (κ1) is 12.7. The quantitative estimate of drug-likeness (QED) is 0.694. The first-order valence-electron chi connectivity index (χ1n) is 7.02. The lowest BCUT2D eigenvalue weighted by Crippen LogP contribution is -2.01. The molecule has 0 aliphatic rings. The van der Waals surface area contributed by atoms with Gasteiger partial charge in [-0.25, -0.2) is 0 Å². The normalized spacial score (nSPS) is 10.7. The lowest BCUT2D eigenvalue weighted by Gasteiger charge is -2.12. The molecule has 0 aliphatic heterocycles. The van der Waals surface area contributed by atoms with E-state index in [1.54, 1.807) is 0 Å². The van der Waals surface area contributed by atoms with Gasteiger partial charge in [-0.15, -0.1) is 0 Å². The molecule has 1 nitrogen and oxygen atoms in total. The minimum absolute atomic E-state index is 0.852. The molecule has 0 atom stereocenters. The van der Waals surface area contributed by atoms with E-state index in [4.69, 9.17) is 0 Å². The monoisotopic (exact) mass is 261 g/mol. The fourth-order valence-corrected chi connectivity index (χ4v) is 2.65. The number of fused-ring (bicyclic) bond motifs is 1. The number of aryl methyl sites for hydroxylation is 2. The molecule has 3 aromatic carbocycles. The number of hydrogen-bond acceptors (Lipinski definition) is 1. The average Bonchev–Trinajstić information content (AvgIpc) is 2.46. The molecule has 100 valence electrons. The Labute approximate surface area is 120 Å². The maximum absolute atomic E-state index is 3.55. The van der Waals surface area contributed by atoms with Crippen molar-refractivity contribution < 1.29 is 0 Å². The largest absolute Gasteiger partial charge is 0.381 e. The van der Waals surface area contributed by atoms with Crippen LogP contribution in [-0.2, 0) is 6.54 Å². The molecule has 0 aromatic heterocycles. The Hall–Kier alpha value is -2.28. The Morgan fingerprint density at radius 1 is 0.850 bits per heavy atom. The van der Waals surface area contributed by atoms with Crippen LogP contribution in [0.15, 0.2) is 60.7 Å². The molecule has 0 saturated carbocycles. The maximum atomic E-state index is 3.55. The summed E-state index contributed by atoms with van der Waals surface area (Å²) in [6.45, 7) is 5.13. The Morgan fingerprint density at radius 3 is 2.50 bits per heavy atom. The number of anilines is 1. The highest BCUT2D eigenvalue weighted by Gasteiger charge is 2.02. The van der Waals surface area contributed by atoms with Crippen molar-refractivity contribution >= 4 is 16.5 Å². The van der Waals surface area contributed by atoms with Crippen LogP contribution in [0.4, 0.5) is 5.69 Å². The van der Waals surface area contributed by atoms with Gasteiger partial charge in [-0.3, -0.25) is 0 Å². The summed E-state index contributed by atoms with van der Waals surface area (Å²) >= 11 is 0. The van der Waals surface area contributed by atoms with Crippen LogP contribution in [0.1, 0.15) is 16.7 Å². The SMILES string of the molecule is Cc1ccc(NCc2cccc3ccccc23)c(C)c1. The summed E-state index contributed by atoms with van der Waals surface area (Å²) in [6.07, 6.45) is 0. The van der Waals surface area contributed by atoms with E-state index < -0.39 is 0 Å². The lowest BCUT2D eigenvalue weighted by atomic mass is 10.0. The van der Waals surface area contributed by atoms with Crippen LogP contribution in [0.25, 0.3) is 10.8 Å². The van der Waals surface area contributed by atoms with Gasteiger partial charge in [-0.1, -0.05) is 60.2 Å². The van der Waals surface area contributed by atoms with Crippen LogP contribution in [-0.4, -0.2) is 0 Å². The van der Waals surface area contributed by atoms with Gasteiger partial charge in [-0.05, 0) is 41.8 Å². The first-order valence-corrected chi connectivity index (χ1v) is 7.02. The Bertz CT molecular complexity index is 738. The number of nitrogens with one attached hydrogen (secondary N) is 1. The third-order valence-electron chi connectivity index (χ3n) is 3.73. The first-order chi connectivity index (χ1) is 9.74. The molecular formula is C19H19N. The van der Waals surface area contributed by atoms with Gasteiger partial charge in [0.25, 0.3) is 0 Å². The minimum Gasteiger partial charge on any atom is -0.381 e. The summed E-state index contributed by atoms with van der Waals surface area (Å²) in [7, 11) is 0. The third kappa shape index (κ3) is 2.53. The summed E-state index contributed by atoms with van der Waals surface area (Å²) in [6, 6.07) is 21.5. The molecule has 0 unspecified atom stereocenters. The highest BCUT2D eigenvalue weighted by molar-refractivity contribution is 5.85. The molecule has 3 rings (SSSR count). The summed E-state index contributed by atoms with van der Waals surface area (Å²) in [5.74, 6) is 0. The van der Waals surface area contributed by atoms with Gasteiger partial charge in [0.2, 0.25) is 0 Å². The molecule has 3 aromatic rings. The molecule has 0 radical (unpaired) electrons. The predicted octanol–water partition coefficient (Wildman–Crippen LogP) is 5.07.